The van der Waals surface area contributed by atoms with Gasteiger partial charge in [0.25, 0.3) is 10.1 Å². The summed E-state index contributed by atoms with van der Waals surface area (Å²) in [6, 6.07) is 0.409. The molecular weight excluding hydrogens is 178 g/mol. The molecule has 0 bridgehead atoms. The molecule has 0 saturated heterocycles. The van der Waals surface area contributed by atoms with Crippen LogP contribution >= 0.6 is 0 Å². The number of hydrogen-bond donors (Lipinski definition) is 2. The van der Waals surface area contributed by atoms with Gasteiger partial charge in [-0.25, -0.2) is 0 Å². The van der Waals surface area contributed by atoms with Crippen LogP contribution in [0.25, 0.3) is 0 Å². The van der Waals surface area contributed by atoms with E-state index >= 15 is 0 Å². The fourth-order valence-corrected chi connectivity index (χ4v) is 1.26. The van der Waals surface area contributed by atoms with Crippen LogP contribution < -0.4 is 5.32 Å². The second kappa shape index (κ2) is 5.50. The maximum absolute atomic E-state index is 10.3. The lowest BCUT2D eigenvalue weighted by atomic mass is 10.2. The van der Waals surface area contributed by atoms with Gasteiger partial charge >= 0.3 is 0 Å². The first-order valence-corrected chi connectivity index (χ1v) is 5.75. The summed E-state index contributed by atoms with van der Waals surface area (Å²) in [5, 5.41) is 3.13. The summed E-state index contributed by atoms with van der Waals surface area (Å²) in [6.45, 7) is 4.72. The summed E-state index contributed by atoms with van der Waals surface area (Å²) in [5.74, 6) is -0.156. The Labute approximate surface area is 74.1 Å². The van der Waals surface area contributed by atoms with Crippen LogP contribution in [-0.4, -0.2) is 31.3 Å². The van der Waals surface area contributed by atoms with Crippen LogP contribution in [-0.2, 0) is 10.1 Å². The molecule has 0 heterocycles. The van der Waals surface area contributed by atoms with Crippen molar-refractivity contribution < 1.29 is 13.0 Å². The lowest BCUT2D eigenvalue weighted by Crippen LogP contribution is -2.27. The summed E-state index contributed by atoms with van der Waals surface area (Å²) >= 11 is 0. The Morgan fingerprint density at radius 3 is 2.50 bits per heavy atom. The summed E-state index contributed by atoms with van der Waals surface area (Å²) in [7, 11) is -3.77. The normalized spacial score (nSPS) is 14.6. The standard InChI is InChI=1S/C7H17NO3S/c1-3-7(2)8-5-4-6-12(9,10)11/h7-8H,3-6H2,1-2H3,(H,9,10,11). The van der Waals surface area contributed by atoms with E-state index in [1.54, 1.807) is 0 Å². The Morgan fingerprint density at radius 2 is 2.08 bits per heavy atom. The Balaban J connectivity index is 3.34. The van der Waals surface area contributed by atoms with Crippen LogP contribution in [0.15, 0.2) is 0 Å². The van der Waals surface area contributed by atoms with Gasteiger partial charge in [-0.15, -0.1) is 0 Å². The fourth-order valence-electron chi connectivity index (χ4n) is 0.747. The van der Waals surface area contributed by atoms with Crippen molar-refractivity contribution in [2.75, 3.05) is 12.3 Å². The molecule has 0 aliphatic carbocycles. The highest BCUT2D eigenvalue weighted by Crippen LogP contribution is 1.90. The lowest BCUT2D eigenvalue weighted by Gasteiger charge is -2.09. The number of hydrogen-bond acceptors (Lipinski definition) is 3. The second-order valence-corrected chi connectivity index (χ2v) is 4.48. The molecule has 4 nitrogen and oxygen atoms in total. The smallest absolute Gasteiger partial charge is 0.264 e. The Morgan fingerprint density at radius 1 is 1.50 bits per heavy atom. The highest BCUT2D eigenvalue weighted by Gasteiger charge is 2.03. The van der Waals surface area contributed by atoms with Gasteiger partial charge in [-0.1, -0.05) is 6.92 Å². The predicted molar refractivity (Wildman–Crippen MR) is 48.8 cm³/mol. The Bertz CT molecular complexity index is 201. The summed E-state index contributed by atoms with van der Waals surface area (Å²) in [4.78, 5) is 0. The minimum absolute atomic E-state index is 0.156. The highest BCUT2D eigenvalue weighted by atomic mass is 32.2. The van der Waals surface area contributed by atoms with Crippen LogP contribution in [0, 0.1) is 0 Å². The molecule has 0 rings (SSSR count). The molecule has 0 aliphatic heterocycles. The molecular formula is C7H17NO3S. The minimum atomic E-state index is -3.77. The maximum atomic E-state index is 10.3. The molecule has 0 amide bonds. The third kappa shape index (κ3) is 7.97. The topological polar surface area (TPSA) is 66.4 Å². The number of rotatable bonds is 6. The largest absolute Gasteiger partial charge is 0.314 e. The molecule has 74 valence electrons. The second-order valence-electron chi connectivity index (χ2n) is 2.90. The van der Waals surface area contributed by atoms with Crippen LogP contribution in [0.4, 0.5) is 0 Å². The third-order valence-corrected chi connectivity index (χ3v) is 2.49. The monoisotopic (exact) mass is 195 g/mol. The summed E-state index contributed by atoms with van der Waals surface area (Å²) in [6.07, 6.45) is 1.48. The van der Waals surface area contributed by atoms with Crippen LogP contribution in [0.2, 0.25) is 0 Å². The lowest BCUT2D eigenvalue weighted by molar-refractivity contribution is 0.475. The van der Waals surface area contributed by atoms with E-state index in [1.165, 1.54) is 0 Å². The summed E-state index contributed by atoms with van der Waals surface area (Å²) < 4.78 is 28.9. The van der Waals surface area contributed by atoms with Gasteiger partial charge in [0, 0.05) is 6.04 Å². The molecule has 0 aromatic carbocycles. The SMILES string of the molecule is CCC(C)NCCCS(=O)(=O)O. The van der Waals surface area contributed by atoms with E-state index in [4.69, 9.17) is 4.55 Å². The molecule has 0 radical (unpaired) electrons. The van der Waals surface area contributed by atoms with Crippen molar-refractivity contribution >= 4 is 10.1 Å². The predicted octanol–water partition coefficient (Wildman–Crippen LogP) is 0.652. The molecule has 12 heavy (non-hydrogen) atoms. The first kappa shape index (κ1) is 11.9. The zero-order valence-electron chi connectivity index (χ0n) is 7.58. The van der Waals surface area contributed by atoms with Crippen molar-refractivity contribution in [1.82, 2.24) is 5.32 Å². The number of nitrogens with one attached hydrogen (secondary N) is 1. The fraction of sp³-hybridized carbons (Fsp3) is 1.00. The average Bonchev–Trinajstić information content (AvgIpc) is 1.96. The van der Waals surface area contributed by atoms with E-state index in [9.17, 15) is 8.42 Å². The third-order valence-electron chi connectivity index (χ3n) is 1.68. The molecule has 1 unspecified atom stereocenters. The Kier molecular flexibility index (Phi) is 5.44. The van der Waals surface area contributed by atoms with E-state index in [1.807, 2.05) is 6.92 Å². The molecule has 0 saturated carbocycles. The first-order valence-electron chi connectivity index (χ1n) is 4.14. The van der Waals surface area contributed by atoms with E-state index < -0.39 is 10.1 Å². The van der Waals surface area contributed by atoms with E-state index in [0.717, 1.165) is 6.42 Å². The highest BCUT2D eigenvalue weighted by molar-refractivity contribution is 7.85. The average molecular weight is 195 g/mol. The van der Waals surface area contributed by atoms with Gasteiger partial charge in [0.15, 0.2) is 0 Å². The molecule has 0 aliphatic rings. The molecule has 0 fully saturated rings. The maximum Gasteiger partial charge on any atom is 0.264 e. The quantitative estimate of drug-likeness (QED) is 0.482. The van der Waals surface area contributed by atoms with Crippen molar-refractivity contribution in [3.63, 3.8) is 0 Å². The van der Waals surface area contributed by atoms with Gasteiger partial charge in [0.1, 0.15) is 0 Å². The van der Waals surface area contributed by atoms with Gasteiger partial charge in [0.2, 0.25) is 0 Å². The van der Waals surface area contributed by atoms with Gasteiger partial charge in [-0.05, 0) is 26.3 Å². The van der Waals surface area contributed by atoms with Crippen molar-refractivity contribution in [3.8, 4) is 0 Å². The van der Waals surface area contributed by atoms with E-state index in [2.05, 4.69) is 12.2 Å². The first-order chi connectivity index (χ1) is 5.45. The zero-order valence-corrected chi connectivity index (χ0v) is 8.39. The van der Waals surface area contributed by atoms with Crippen molar-refractivity contribution in [2.45, 2.75) is 32.7 Å². The van der Waals surface area contributed by atoms with Gasteiger partial charge in [-0.2, -0.15) is 8.42 Å². The van der Waals surface area contributed by atoms with Crippen molar-refractivity contribution in [2.24, 2.45) is 0 Å². The molecule has 1 atom stereocenters. The Hall–Kier alpha value is -0.130. The zero-order chi connectivity index (χ0) is 9.61. The van der Waals surface area contributed by atoms with Crippen LogP contribution in [0.3, 0.4) is 0 Å². The van der Waals surface area contributed by atoms with Gasteiger partial charge in [-0.3, -0.25) is 4.55 Å². The minimum Gasteiger partial charge on any atom is -0.314 e. The van der Waals surface area contributed by atoms with Gasteiger partial charge in [0.05, 0.1) is 5.75 Å². The molecule has 0 aromatic rings. The van der Waals surface area contributed by atoms with E-state index in [-0.39, 0.29) is 5.75 Å². The molecule has 5 heteroatoms. The molecule has 2 N–H and O–H groups in total. The van der Waals surface area contributed by atoms with Crippen LogP contribution in [0.5, 0.6) is 0 Å². The summed E-state index contributed by atoms with van der Waals surface area (Å²) in [5.41, 5.74) is 0. The van der Waals surface area contributed by atoms with Gasteiger partial charge < -0.3 is 5.32 Å². The van der Waals surface area contributed by atoms with Crippen LogP contribution in [0.1, 0.15) is 26.7 Å². The molecule has 0 aromatic heterocycles. The molecule has 0 spiro atoms. The van der Waals surface area contributed by atoms with E-state index in [0.29, 0.717) is 19.0 Å². The van der Waals surface area contributed by atoms with Crippen molar-refractivity contribution in [1.29, 1.82) is 0 Å². The van der Waals surface area contributed by atoms with Crippen molar-refractivity contribution in [3.05, 3.63) is 0 Å².